The Morgan fingerprint density at radius 1 is 0.941 bits per heavy atom. The van der Waals surface area contributed by atoms with Crippen molar-refractivity contribution < 1.29 is 9.53 Å². The summed E-state index contributed by atoms with van der Waals surface area (Å²) in [6.45, 7) is 4.10. The van der Waals surface area contributed by atoms with Crippen LogP contribution in [0.1, 0.15) is 19.9 Å². The first-order valence-corrected chi connectivity index (χ1v) is 10.7. The molecule has 9 heteroatoms. The molecule has 1 unspecified atom stereocenters. The van der Waals surface area contributed by atoms with Crippen molar-refractivity contribution >= 4 is 11.6 Å². The Morgan fingerprint density at radius 2 is 1.59 bits per heavy atom. The molecule has 0 radical (unpaired) electrons. The Hall–Kier alpha value is -4.53. The zero-order valence-corrected chi connectivity index (χ0v) is 18.7. The first kappa shape index (κ1) is 22.7. The van der Waals surface area contributed by atoms with Crippen molar-refractivity contribution in [1.82, 2.24) is 20.0 Å². The van der Waals surface area contributed by atoms with Crippen LogP contribution in [0.3, 0.4) is 0 Å². The molecule has 2 aromatic heterocycles. The molecule has 0 fully saturated rings. The van der Waals surface area contributed by atoms with Gasteiger partial charge in [-0.05, 0) is 62.4 Å². The van der Waals surface area contributed by atoms with Crippen LogP contribution in [0.15, 0.2) is 82.4 Å². The summed E-state index contributed by atoms with van der Waals surface area (Å²) in [5.74, 6) is 0.364. The van der Waals surface area contributed by atoms with Gasteiger partial charge in [-0.15, -0.1) is 0 Å². The standard InChI is InChI=1S/C25H23N5O4/c1-3-34-20-10-6-18(7-11-20)22-13-15-24(32)30(29-22)16(2)25(33)26-19-8-4-17(5-9-19)21-12-14-23(31)28-27-21/h4-16H,3H2,1-2H3,(H,26,33)(H,28,31). The van der Waals surface area contributed by atoms with E-state index < -0.39 is 6.04 Å². The number of hydrogen-bond acceptors (Lipinski definition) is 6. The minimum absolute atomic E-state index is 0.280. The molecule has 34 heavy (non-hydrogen) atoms. The van der Waals surface area contributed by atoms with Crippen LogP contribution in [0.5, 0.6) is 5.75 Å². The molecule has 4 rings (SSSR count). The Morgan fingerprint density at radius 3 is 2.24 bits per heavy atom. The summed E-state index contributed by atoms with van der Waals surface area (Å²) >= 11 is 0. The highest BCUT2D eigenvalue weighted by Gasteiger charge is 2.18. The second-order valence-corrected chi connectivity index (χ2v) is 7.51. The lowest BCUT2D eigenvalue weighted by Crippen LogP contribution is -2.33. The molecule has 0 aliphatic heterocycles. The van der Waals surface area contributed by atoms with Crippen LogP contribution >= 0.6 is 0 Å². The number of hydrogen-bond donors (Lipinski definition) is 2. The van der Waals surface area contributed by atoms with Gasteiger partial charge in [-0.25, -0.2) is 9.78 Å². The first-order chi connectivity index (χ1) is 16.4. The zero-order valence-electron chi connectivity index (χ0n) is 18.7. The van der Waals surface area contributed by atoms with Gasteiger partial charge < -0.3 is 10.1 Å². The van der Waals surface area contributed by atoms with E-state index in [0.717, 1.165) is 16.9 Å². The number of anilines is 1. The van der Waals surface area contributed by atoms with Crippen LogP contribution in [0.4, 0.5) is 5.69 Å². The lowest BCUT2D eigenvalue weighted by molar-refractivity contribution is -0.119. The van der Waals surface area contributed by atoms with Crippen molar-refractivity contribution in [1.29, 1.82) is 0 Å². The van der Waals surface area contributed by atoms with Gasteiger partial charge in [0, 0.05) is 28.9 Å². The number of carbonyl (C=O) groups is 1. The van der Waals surface area contributed by atoms with E-state index in [9.17, 15) is 14.4 Å². The van der Waals surface area contributed by atoms with Gasteiger partial charge in [0.1, 0.15) is 11.8 Å². The summed E-state index contributed by atoms with van der Waals surface area (Å²) in [7, 11) is 0. The van der Waals surface area contributed by atoms with Gasteiger partial charge in [0.25, 0.3) is 11.1 Å². The van der Waals surface area contributed by atoms with E-state index in [1.807, 2.05) is 31.2 Å². The number of nitrogens with zero attached hydrogens (tertiary/aromatic N) is 3. The summed E-state index contributed by atoms with van der Waals surface area (Å²) < 4.78 is 6.62. The summed E-state index contributed by atoms with van der Waals surface area (Å²) in [5, 5.41) is 13.6. The summed E-state index contributed by atoms with van der Waals surface area (Å²) in [6, 6.07) is 19.6. The largest absolute Gasteiger partial charge is 0.494 e. The normalized spacial score (nSPS) is 11.6. The highest BCUT2D eigenvalue weighted by atomic mass is 16.5. The van der Waals surface area contributed by atoms with Crippen LogP contribution < -0.4 is 21.2 Å². The number of aromatic nitrogens is 4. The Kier molecular flexibility index (Phi) is 6.63. The van der Waals surface area contributed by atoms with E-state index in [0.29, 0.717) is 23.7 Å². The predicted molar refractivity (Wildman–Crippen MR) is 129 cm³/mol. The minimum Gasteiger partial charge on any atom is -0.494 e. The number of benzene rings is 2. The van der Waals surface area contributed by atoms with Crippen LogP contribution in [-0.2, 0) is 4.79 Å². The van der Waals surface area contributed by atoms with Crippen molar-refractivity contribution in [2.45, 2.75) is 19.9 Å². The minimum atomic E-state index is -0.837. The first-order valence-electron chi connectivity index (χ1n) is 10.7. The fourth-order valence-corrected chi connectivity index (χ4v) is 3.33. The van der Waals surface area contributed by atoms with Crippen molar-refractivity contribution in [2.24, 2.45) is 0 Å². The van der Waals surface area contributed by atoms with Crippen molar-refractivity contribution in [3.63, 3.8) is 0 Å². The maximum atomic E-state index is 12.8. The molecule has 0 saturated heterocycles. The third kappa shape index (κ3) is 5.09. The van der Waals surface area contributed by atoms with E-state index >= 15 is 0 Å². The molecule has 1 atom stereocenters. The molecule has 4 aromatic rings. The number of carbonyl (C=O) groups excluding carboxylic acids is 1. The molecule has 0 spiro atoms. The summed E-state index contributed by atoms with van der Waals surface area (Å²) in [5.41, 5.74) is 2.65. The molecule has 0 saturated carbocycles. The molecule has 0 bridgehead atoms. The van der Waals surface area contributed by atoms with E-state index in [1.54, 1.807) is 43.3 Å². The Bertz CT molecular complexity index is 1390. The van der Waals surface area contributed by atoms with Crippen molar-refractivity contribution in [2.75, 3.05) is 11.9 Å². The van der Waals surface area contributed by atoms with Gasteiger partial charge in [0.15, 0.2) is 0 Å². The van der Waals surface area contributed by atoms with Crippen molar-refractivity contribution in [3.8, 4) is 28.3 Å². The molecular formula is C25H23N5O4. The average Bonchev–Trinajstić information content (AvgIpc) is 2.86. The van der Waals surface area contributed by atoms with E-state index in [-0.39, 0.29) is 17.0 Å². The highest BCUT2D eigenvalue weighted by Crippen LogP contribution is 2.21. The molecule has 0 aliphatic carbocycles. The van der Waals surface area contributed by atoms with Crippen LogP contribution in [0.25, 0.3) is 22.5 Å². The summed E-state index contributed by atoms with van der Waals surface area (Å²) in [4.78, 5) is 36.4. The van der Waals surface area contributed by atoms with Gasteiger partial charge in [-0.1, -0.05) is 12.1 Å². The number of nitrogens with one attached hydrogen (secondary N) is 2. The topological polar surface area (TPSA) is 119 Å². The molecule has 172 valence electrons. The SMILES string of the molecule is CCOc1ccc(-c2ccc(=O)n(C(C)C(=O)Nc3ccc(-c4ccc(=O)[nH]n4)cc3)n2)cc1. The number of aromatic amines is 1. The van der Waals surface area contributed by atoms with Gasteiger partial charge in [-0.3, -0.25) is 14.4 Å². The third-order valence-electron chi connectivity index (χ3n) is 5.16. The second-order valence-electron chi connectivity index (χ2n) is 7.51. The molecule has 2 aromatic carbocycles. The fourth-order valence-electron chi connectivity index (χ4n) is 3.33. The Labute approximate surface area is 195 Å². The molecular weight excluding hydrogens is 434 g/mol. The lowest BCUT2D eigenvalue weighted by Gasteiger charge is -2.15. The summed E-state index contributed by atoms with van der Waals surface area (Å²) in [6.07, 6.45) is 0. The molecule has 2 N–H and O–H groups in total. The molecule has 1 amide bonds. The number of H-pyrrole nitrogens is 1. The van der Waals surface area contributed by atoms with E-state index in [2.05, 4.69) is 20.6 Å². The molecule has 0 aliphatic rings. The number of amides is 1. The number of ether oxygens (including phenoxy) is 1. The fraction of sp³-hybridized carbons (Fsp3) is 0.160. The van der Waals surface area contributed by atoms with E-state index in [4.69, 9.17) is 4.74 Å². The van der Waals surface area contributed by atoms with Gasteiger partial charge in [0.2, 0.25) is 5.91 Å². The smallest absolute Gasteiger partial charge is 0.267 e. The maximum absolute atomic E-state index is 12.8. The van der Waals surface area contributed by atoms with Gasteiger partial charge in [-0.2, -0.15) is 10.2 Å². The van der Waals surface area contributed by atoms with Gasteiger partial charge in [0.05, 0.1) is 18.0 Å². The lowest BCUT2D eigenvalue weighted by atomic mass is 10.1. The van der Waals surface area contributed by atoms with E-state index in [1.165, 1.54) is 16.8 Å². The van der Waals surface area contributed by atoms with Gasteiger partial charge >= 0.3 is 0 Å². The molecule has 9 nitrogen and oxygen atoms in total. The molecule has 2 heterocycles. The average molecular weight is 457 g/mol. The predicted octanol–water partition coefficient (Wildman–Crippen LogP) is 3.26. The van der Waals surface area contributed by atoms with Crippen LogP contribution in [-0.4, -0.2) is 32.5 Å². The second kappa shape index (κ2) is 9.95. The monoisotopic (exact) mass is 457 g/mol. The number of rotatable bonds is 7. The highest BCUT2D eigenvalue weighted by molar-refractivity contribution is 5.93. The van der Waals surface area contributed by atoms with Crippen molar-refractivity contribution in [3.05, 3.63) is 93.5 Å². The Balaban J connectivity index is 1.50. The van der Waals surface area contributed by atoms with Crippen LogP contribution in [0, 0.1) is 0 Å². The quantitative estimate of drug-likeness (QED) is 0.440. The third-order valence-corrected chi connectivity index (χ3v) is 5.16. The maximum Gasteiger partial charge on any atom is 0.267 e. The van der Waals surface area contributed by atoms with Crippen LogP contribution in [0.2, 0.25) is 0 Å². The zero-order chi connectivity index (χ0) is 24.1.